The van der Waals surface area contributed by atoms with Gasteiger partial charge in [0.2, 0.25) is 5.75 Å². The topological polar surface area (TPSA) is 85.2 Å². The molecule has 0 aliphatic heterocycles. The minimum Gasteiger partial charge on any atom is -0.397 e. The Kier molecular flexibility index (Phi) is 3.61. The van der Waals surface area contributed by atoms with Gasteiger partial charge in [-0.05, 0) is 4.92 Å². The number of rotatable bonds is 3. The number of nitrogens with zero attached hydrogens (tertiary/aromatic N) is 1. The van der Waals surface area contributed by atoms with Crippen LogP contribution in [0.15, 0.2) is 10.9 Å². The molecule has 6 nitrogen and oxygen atoms in total. The molecule has 0 amide bonds. The zero-order chi connectivity index (χ0) is 13.2. The summed E-state index contributed by atoms with van der Waals surface area (Å²) in [6.45, 7) is 0. The minimum absolute atomic E-state index is 0.417. The summed E-state index contributed by atoms with van der Waals surface area (Å²) in [6, 6.07) is 0.704. The van der Waals surface area contributed by atoms with Crippen molar-refractivity contribution in [3.05, 3.63) is 32.1 Å². The second-order valence-corrected chi connectivity index (χ2v) is 3.04. The third-order valence-corrected chi connectivity index (χ3v) is 1.90. The van der Waals surface area contributed by atoms with Crippen LogP contribution in [0.2, 0.25) is 0 Å². The van der Waals surface area contributed by atoms with E-state index in [0.29, 0.717) is 6.07 Å². The smallest absolute Gasteiger partial charge is 0.397 e. The van der Waals surface area contributed by atoms with E-state index < -0.39 is 39.9 Å². The molecule has 1 aromatic rings. The van der Waals surface area contributed by atoms with Crippen molar-refractivity contribution in [1.82, 2.24) is 4.98 Å². The number of ether oxygens (including phenoxy) is 1. The highest BCUT2D eigenvalue weighted by Gasteiger charge is 2.34. The summed E-state index contributed by atoms with van der Waals surface area (Å²) in [5.41, 5.74) is -1.79. The van der Waals surface area contributed by atoms with Gasteiger partial charge in [-0.2, -0.15) is 0 Å². The summed E-state index contributed by atoms with van der Waals surface area (Å²) in [5, 5.41) is 10.3. The van der Waals surface area contributed by atoms with Crippen LogP contribution in [0.5, 0.6) is 5.75 Å². The zero-order valence-electron chi connectivity index (χ0n) is 7.88. The number of pyridine rings is 1. The molecule has 10 heteroatoms. The van der Waals surface area contributed by atoms with E-state index in [2.05, 4.69) is 4.74 Å². The summed E-state index contributed by atoms with van der Waals surface area (Å²) in [7, 11) is 0. The molecule has 17 heavy (non-hydrogen) atoms. The molecule has 0 aliphatic rings. The number of aromatic nitrogens is 1. The van der Waals surface area contributed by atoms with E-state index in [1.165, 1.54) is 0 Å². The first kappa shape index (κ1) is 13.3. The third-order valence-electron chi connectivity index (χ3n) is 1.61. The fraction of sp³-hybridized carbons (Fsp3) is 0.286. The van der Waals surface area contributed by atoms with Crippen LogP contribution in [-0.4, -0.2) is 16.3 Å². The van der Waals surface area contributed by atoms with Gasteiger partial charge in [0.1, 0.15) is 0 Å². The highest BCUT2D eigenvalue weighted by molar-refractivity contribution is 6.17. The van der Waals surface area contributed by atoms with E-state index in [-0.39, 0.29) is 0 Å². The van der Waals surface area contributed by atoms with E-state index in [0.717, 1.165) is 0 Å². The van der Waals surface area contributed by atoms with Crippen LogP contribution in [0.25, 0.3) is 0 Å². The molecule has 0 radical (unpaired) electrons. The van der Waals surface area contributed by atoms with Crippen molar-refractivity contribution in [3.63, 3.8) is 0 Å². The molecule has 1 N–H and O–H groups in total. The second kappa shape index (κ2) is 4.62. The molecule has 1 heterocycles. The van der Waals surface area contributed by atoms with Crippen molar-refractivity contribution in [1.29, 1.82) is 0 Å². The van der Waals surface area contributed by atoms with Crippen LogP contribution in [-0.2, 0) is 5.88 Å². The predicted molar refractivity (Wildman–Crippen MR) is 50.0 cm³/mol. The summed E-state index contributed by atoms with van der Waals surface area (Å²) in [4.78, 5) is 22.2. The van der Waals surface area contributed by atoms with Crippen molar-refractivity contribution in [3.8, 4) is 5.75 Å². The van der Waals surface area contributed by atoms with Gasteiger partial charge in [0.25, 0.3) is 0 Å². The Bertz CT molecular complexity index is 499. The van der Waals surface area contributed by atoms with Gasteiger partial charge in [0.05, 0.1) is 5.88 Å². The van der Waals surface area contributed by atoms with E-state index in [1.807, 2.05) is 0 Å². The number of hydrogen-bond donors (Lipinski definition) is 1. The number of nitrogens with one attached hydrogen (secondary N) is 1. The molecule has 94 valence electrons. The molecule has 0 unspecified atom stereocenters. The van der Waals surface area contributed by atoms with Gasteiger partial charge in [-0.3, -0.25) is 0 Å². The average molecular weight is 273 g/mol. The Morgan fingerprint density at radius 2 is 2.12 bits per heavy atom. The maximum Gasteiger partial charge on any atom is 0.573 e. The lowest BCUT2D eigenvalue weighted by atomic mass is 10.2. The van der Waals surface area contributed by atoms with Crippen LogP contribution >= 0.6 is 11.6 Å². The quantitative estimate of drug-likeness (QED) is 0.517. The molecule has 1 aromatic heterocycles. The van der Waals surface area contributed by atoms with Crippen LogP contribution < -0.4 is 10.3 Å². The standard InChI is InChI=1S/C7H4ClF3N2O4/c8-2-3-1-4(13(15)16)12-6(14)5(3)17-7(9,10)11/h1H,2H2,(H,12,14). The van der Waals surface area contributed by atoms with E-state index in [9.17, 15) is 28.1 Å². The SMILES string of the molecule is O=c1[nH]c([N+](=O)[O-])cc(CCl)c1OC(F)(F)F. The maximum absolute atomic E-state index is 11.9. The van der Waals surface area contributed by atoms with Crippen molar-refractivity contribution in [2.24, 2.45) is 0 Å². The first-order chi connectivity index (χ1) is 7.74. The predicted octanol–water partition coefficient (Wildman–Crippen LogP) is 1.92. The maximum atomic E-state index is 11.9. The van der Waals surface area contributed by atoms with Gasteiger partial charge in [-0.15, -0.1) is 24.8 Å². The molecule has 0 aromatic carbocycles. The number of H-pyrrole nitrogens is 1. The molecule has 0 bridgehead atoms. The summed E-state index contributed by atoms with van der Waals surface area (Å²) in [5.74, 6) is -2.39. The largest absolute Gasteiger partial charge is 0.573 e. The van der Waals surface area contributed by atoms with Crippen molar-refractivity contribution in [2.45, 2.75) is 12.2 Å². The van der Waals surface area contributed by atoms with Crippen LogP contribution in [0, 0.1) is 10.1 Å². The first-order valence-electron chi connectivity index (χ1n) is 3.97. The van der Waals surface area contributed by atoms with Crippen LogP contribution in [0.1, 0.15) is 5.56 Å². The van der Waals surface area contributed by atoms with Gasteiger partial charge in [0.15, 0.2) is 0 Å². The van der Waals surface area contributed by atoms with E-state index in [1.54, 1.807) is 4.98 Å². The van der Waals surface area contributed by atoms with Crippen molar-refractivity contribution < 1.29 is 22.8 Å². The van der Waals surface area contributed by atoms with Gasteiger partial charge in [-0.25, -0.2) is 9.78 Å². The Morgan fingerprint density at radius 3 is 2.53 bits per heavy atom. The molecule has 0 saturated heterocycles. The number of nitro groups is 1. The van der Waals surface area contributed by atoms with Crippen LogP contribution in [0.3, 0.4) is 0 Å². The monoisotopic (exact) mass is 272 g/mol. The van der Waals surface area contributed by atoms with Gasteiger partial charge < -0.3 is 14.9 Å². The molecule has 0 saturated carbocycles. The summed E-state index contributed by atoms with van der Waals surface area (Å²) < 4.78 is 39.3. The first-order valence-corrected chi connectivity index (χ1v) is 4.50. The minimum atomic E-state index is -5.08. The van der Waals surface area contributed by atoms with Gasteiger partial charge in [0, 0.05) is 11.6 Å². The highest BCUT2D eigenvalue weighted by atomic mass is 35.5. The fourth-order valence-corrected chi connectivity index (χ4v) is 1.21. The zero-order valence-corrected chi connectivity index (χ0v) is 8.63. The molecule has 0 atom stereocenters. The van der Waals surface area contributed by atoms with Gasteiger partial charge in [-0.1, -0.05) is 0 Å². The van der Waals surface area contributed by atoms with Crippen molar-refractivity contribution >= 4 is 17.4 Å². The van der Waals surface area contributed by atoms with E-state index >= 15 is 0 Å². The Balaban J connectivity index is 3.32. The molecule has 1 rings (SSSR count). The van der Waals surface area contributed by atoms with Crippen LogP contribution in [0.4, 0.5) is 19.0 Å². The average Bonchev–Trinajstić information content (AvgIpc) is 2.18. The number of aromatic amines is 1. The molecule has 0 fully saturated rings. The Hall–Kier alpha value is -1.77. The Labute approximate surface area is 96.1 Å². The highest BCUT2D eigenvalue weighted by Crippen LogP contribution is 2.25. The van der Waals surface area contributed by atoms with E-state index in [4.69, 9.17) is 11.6 Å². The Morgan fingerprint density at radius 1 is 1.53 bits per heavy atom. The number of alkyl halides is 4. The molecule has 0 spiro atoms. The second-order valence-electron chi connectivity index (χ2n) is 2.78. The lowest BCUT2D eigenvalue weighted by molar-refractivity contribution is -0.389. The van der Waals surface area contributed by atoms with Crippen molar-refractivity contribution in [2.75, 3.05) is 0 Å². The number of halogens is 4. The normalized spacial score (nSPS) is 11.3. The third kappa shape index (κ3) is 3.34. The molecule has 0 aliphatic carbocycles. The number of hydrogen-bond acceptors (Lipinski definition) is 4. The molecular formula is C7H4ClF3N2O4. The lowest BCUT2D eigenvalue weighted by Crippen LogP contribution is -2.24. The van der Waals surface area contributed by atoms with Gasteiger partial charge >= 0.3 is 17.7 Å². The lowest BCUT2D eigenvalue weighted by Gasteiger charge is -2.09. The summed E-state index contributed by atoms with van der Waals surface area (Å²) in [6.07, 6.45) is -5.08. The molecular weight excluding hydrogens is 269 g/mol. The fourth-order valence-electron chi connectivity index (χ4n) is 1.01. The summed E-state index contributed by atoms with van der Waals surface area (Å²) >= 11 is 5.29.